The van der Waals surface area contributed by atoms with Crippen molar-refractivity contribution in [3.63, 3.8) is 0 Å². The average molecular weight is 251 g/mol. The molecule has 1 heterocycles. The monoisotopic (exact) mass is 251 g/mol. The van der Waals surface area contributed by atoms with Crippen LogP contribution in [0.25, 0.3) is 0 Å². The molecule has 0 radical (unpaired) electrons. The molecule has 1 aromatic heterocycles. The summed E-state index contributed by atoms with van der Waals surface area (Å²) in [7, 11) is 0. The molecule has 0 saturated heterocycles. The van der Waals surface area contributed by atoms with Gasteiger partial charge in [0.25, 0.3) is 0 Å². The Bertz CT molecular complexity index is 478. The van der Waals surface area contributed by atoms with Crippen LogP contribution in [0.15, 0.2) is 0 Å². The Labute approximate surface area is 108 Å². The van der Waals surface area contributed by atoms with E-state index in [-0.39, 0.29) is 18.2 Å². The molecule has 0 aliphatic carbocycles. The number of rotatable bonds is 3. The van der Waals surface area contributed by atoms with Crippen molar-refractivity contribution in [1.29, 1.82) is 0 Å². The van der Waals surface area contributed by atoms with Gasteiger partial charge in [0.15, 0.2) is 0 Å². The fraction of sp³-hybridized carbons (Fsp3) is 0.571. The quantitative estimate of drug-likeness (QED) is 0.840. The number of H-pyrrole nitrogens is 1. The summed E-state index contributed by atoms with van der Waals surface area (Å²) in [5, 5.41) is 0. The number of aromatic nitrogens is 1. The first-order chi connectivity index (χ1) is 8.11. The van der Waals surface area contributed by atoms with Crippen molar-refractivity contribution in [3.8, 4) is 0 Å². The maximum absolute atomic E-state index is 12.1. The fourth-order valence-electron chi connectivity index (χ4n) is 1.91. The van der Waals surface area contributed by atoms with Crippen LogP contribution in [0.4, 0.5) is 0 Å². The van der Waals surface area contributed by atoms with Crippen LogP contribution in [0.2, 0.25) is 0 Å². The standard InChI is InChI=1S/C14H21NO3/c1-8(16)7-11-9(2)15-10(3)12(11)13(17)18-14(4,5)6/h15H,7H2,1-6H3. The third-order valence-corrected chi connectivity index (χ3v) is 2.53. The molecule has 1 aromatic rings. The summed E-state index contributed by atoms with van der Waals surface area (Å²) in [6.45, 7) is 10.7. The van der Waals surface area contributed by atoms with Crippen molar-refractivity contribution in [2.45, 2.75) is 53.6 Å². The number of hydrogen-bond donors (Lipinski definition) is 1. The highest BCUT2D eigenvalue weighted by Gasteiger charge is 2.25. The second-order valence-electron chi connectivity index (χ2n) is 5.61. The molecule has 0 bridgehead atoms. The molecule has 0 amide bonds. The Balaban J connectivity index is 3.14. The molecule has 18 heavy (non-hydrogen) atoms. The molecule has 100 valence electrons. The summed E-state index contributed by atoms with van der Waals surface area (Å²) in [6.07, 6.45) is 0.255. The minimum atomic E-state index is -0.539. The number of esters is 1. The van der Waals surface area contributed by atoms with Crippen molar-refractivity contribution in [1.82, 2.24) is 4.98 Å². The minimum absolute atomic E-state index is 0.0295. The molecule has 1 N–H and O–H groups in total. The number of carbonyl (C=O) groups excluding carboxylic acids is 2. The van der Waals surface area contributed by atoms with E-state index in [1.807, 2.05) is 34.6 Å². The third kappa shape index (κ3) is 3.45. The predicted octanol–water partition coefficient (Wildman–Crippen LogP) is 2.72. The van der Waals surface area contributed by atoms with Crippen LogP contribution in [0.1, 0.15) is 55.0 Å². The molecule has 1 rings (SSSR count). The molecule has 4 heteroatoms. The average Bonchev–Trinajstić information content (AvgIpc) is 2.37. The zero-order valence-corrected chi connectivity index (χ0v) is 11.9. The first-order valence-electron chi connectivity index (χ1n) is 6.02. The van der Waals surface area contributed by atoms with Crippen LogP contribution in [0.5, 0.6) is 0 Å². The summed E-state index contributed by atoms with van der Waals surface area (Å²) in [5.74, 6) is -0.345. The van der Waals surface area contributed by atoms with Gasteiger partial charge >= 0.3 is 5.97 Å². The molecule has 0 aliphatic rings. The van der Waals surface area contributed by atoms with E-state index < -0.39 is 5.60 Å². The Hall–Kier alpha value is -1.58. The normalized spacial score (nSPS) is 11.4. The van der Waals surface area contributed by atoms with Crippen LogP contribution < -0.4 is 0 Å². The van der Waals surface area contributed by atoms with E-state index >= 15 is 0 Å². The van der Waals surface area contributed by atoms with E-state index in [4.69, 9.17) is 4.74 Å². The van der Waals surface area contributed by atoms with Crippen LogP contribution in [-0.2, 0) is 16.0 Å². The van der Waals surface area contributed by atoms with Gasteiger partial charge in [-0.3, -0.25) is 4.79 Å². The van der Waals surface area contributed by atoms with Crippen molar-refractivity contribution < 1.29 is 14.3 Å². The largest absolute Gasteiger partial charge is 0.456 e. The molecule has 0 spiro atoms. The lowest BCUT2D eigenvalue weighted by molar-refractivity contribution is -0.116. The molecular weight excluding hydrogens is 230 g/mol. The molecule has 0 unspecified atom stereocenters. The molecule has 0 aromatic carbocycles. The summed E-state index contributed by atoms with van der Waals surface area (Å²) in [5.41, 5.74) is 2.30. The number of aryl methyl sites for hydroxylation is 2. The lowest BCUT2D eigenvalue weighted by Gasteiger charge is -2.20. The lowest BCUT2D eigenvalue weighted by atomic mass is 10.0. The van der Waals surface area contributed by atoms with Crippen LogP contribution in [-0.4, -0.2) is 22.3 Å². The van der Waals surface area contributed by atoms with E-state index in [9.17, 15) is 9.59 Å². The van der Waals surface area contributed by atoms with Crippen molar-refractivity contribution >= 4 is 11.8 Å². The van der Waals surface area contributed by atoms with E-state index in [0.29, 0.717) is 5.56 Å². The van der Waals surface area contributed by atoms with Crippen molar-refractivity contribution in [3.05, 3.63) is 22.5 Å². The summed E-state index contributed by atoms with van der Waals surface area (Å²) in [6, 6.07) is 0. The SMILES string of the molecule is CC(=O)Cc1c(C)[nH]c(C)c1C(=O)OC(C)(C)C. The Morgan fingerprint density at radius 1 is 1.17 bits per heavy atom. The van der Waals surface area contributed by atoms with E-state index in [1.54, 1.807) is 0 Å². The number of ether oxygens (including phenoxy) is 1. The molecule has 0 atom stereocenters. The molecule has 0 fully saturated rings. The second-order valence-corrected chi connectivity index (χ2v) is 5.61. The summed E-state index contributed by atoms with van der Waals surface area (Å²) >= 11 is 0. The van der Waals surface area contributed by atoms with Crippen molar-refractivity contribution in [2.75, 3.05) is 0 Å². The van der Waals surface area contributed by atoms with Gasteiger partial charge in [0.1, 0.15) is 11.4 Å². The van der Waals surface area contributed by atoms with Gasteiger partial charge < -0.3 is 9.72 Å². The minimum Gasteiger partial charge on any atom is -0.456 e. The van der Waals surface area contributed by atoms with Crippen LogP contribution in [0.3, 0.4) is 0 Å². The number of ketones is 1. The van der Waals surface area contributed by atoms with Gasteiger partial charge in [-0.1, -0.05) is 0 Å². The molecule has 4 nitrogen and oxygen atoms in total. The zero-order valence-electron chi connectivity index (χ0n) is 11.9. The Kier molecular flexibility index (Phi) is 3.99. The van der Waals surface area contributed by atoms with Crippen LogP contribution >= 0.6 is 0 Å². The number of carbonyl (C=O) groups is 2. The van der Waals surface area contributed by atoms with Gasteiger partial charge in [-0.25, -0.2) is 4.79 Å². The first-order valence-corrected chi connectivity index (χ1v) is 6.02. The van der Waals surface area contributed by atoms with Gasteiger partial charge in [-0.15, -0.1) is 0 Å². The number of nitrogens with one attached hydrogen (secondary N) is 1. The first kappa shape index (κ1) is 14.5. The van der Waals surface area contributed by atoms with Gasteiger partial charge in [-0.2, -0.15) is 0 Å². The molecule has 0 aliphatic heterocycles. The zero-order chi connectivity index (χ0) is 14.1. The third-order valence-electron chi connectivity index (χ3n) is 2.53. The second kappa shape index (κ2) is 4.96. The summed E-state index contributed by atoms with van der Waals surface area (Å²) < 4.78 is 5.37. The maximum Gasteiger partial charge on any atom is 0.340 e. The lowest BCUT2D eigenvalue weighted by Crippen LogP contribution is -2.25. The molecule has 0 saturated carbocycles. The van der Waals surface area contributed by atoms with Crippen LogP contribution in [0, 0.1) is 13.8 Å². The van der Waals surface area contributed by atoms with Gasteiger partial charge in [-0.05, 0) is 47.1 Å². The number of Topliss-reactive ketones (excluding diaryl/α,β-unsaturated/α-hetero) is 1. The smallest absolute Gasteiger partial charge is 0.340 e. The van der Waals surface area contributed by atoms with E-state index in [1.165, 1.54) is 6.92 Å². The van der Waals surface area contributed by atoms with Gasteiger partial charge in [0, 0.05) is 17.8 Å². The van der Waals surface area contributed by atoms with E-state index in [2.05, 4.69) is 4.98 Å². The highest BCUT2D eigenvalue weighted by molar-refractivity contribution is 5.95. The number of aromatic amines is 1. The topological polar surface area (TPSA) is 59.2 Å². The highest BCUT2D eigenvalue weighted by Crippen LogP contribution is 2.22. The summed E-state index contributed by atoms with van der Waals surface area (Å²) in [4.78, 5) is 26.5. The predicted molar refractivity (Wildman–Crippen MR) is 69.8 cm³/mol. The fourth-order valence-corrected chi connectivity index (χ4v) is 1.91. The van der Waals surface area contributed by atoms with Crippen molar-refractivity contribution in [2.24, 2.45) is 0 Å². The number of hydrogen-bond acceptors (Lipinski definition) is 3. The Morgan fingerprint density at radius 3 is 2.17 bits per heavy atom. The van der Waals surface area contributed by atoms with Gasteiger partial charge in [0.2, 0.25) is 0 Å². The maximum atomic E-state index is 12.1. The molecular formula is C14H21NO3. The Morgan fingerprint density at radius 2 is 1.72 bits per heavy atom. The van der Waals surface area contributed by atoms with Gasteiger partial charge in [0.05, 0.1) is 5.56 Å². The highest BCUT2D eigenvalue weighted by atomic mass is 16.6. The van der Waals surface area contributed by atoms with E-state index in [0.717, 1.165) is 17.0 Å².